The standard InChI is InChI=1S/C21H22N2O7.H2O/c1-23(2)15-10-7-9-6-8-4-3-5-11(24)12(8)16(25)13(9)18(27)21(10,30)19(28)14(17(15)26)20(22)29;/h3-5,9-10,15,24,26-27,30H,6-7H2,1-2H3,(H2,22,29);1H2/t9-,10-,15-,21-;/m0./s1. The quantitative estimate of drug-likeness (QED) is 0.378. The number of allylic oxidation sites excluding steroid dienone is 1. The average Bonchev–Trinajstić information content (AvgIpc) is 2.64. The Bertz CT molecular complexity index is 1070. The molecule has 0 bridgehead atoms. The van der Waals surface area contributed by atoms with E-state index in [1.54, 1.807) is 26.2 Å². The fourth-order valence-electron chi connectivity index (χ4n) is 5.19. The van der Waals surface area contributed by atoms with Crippen molar-refractivity contribution in [3.8, 4) is 5.75 Å². The second kappa shape index (κ2) is 7.19. The number of phenols is 1. The number of hydrogen-bond donors (Lipinski definition) is 5. The number of carbonyl (C=O) groups excluding carboxylic acids is 3. The summed E-state index contributed by atoms with van der Waals surface area (Å²) in [5.41, 5.74) is 2.31. The molecular weight excluding hydrogens is 408 g/mol. The van der Waals surface area contributed by atoms with Crippen molar-refractivity contribution >= 4 is 17.5 Å². The number of benzene rings is 1. The van der Waals surface area contributed by atoms with Crippen molar-refractivity contribution in [1.82, 2.24) is 4.90 Å². The highest BCUT2D eigenvalue weighted by Crippen LogP contribution is 2.52. The molecule has 3 aliphatic rings. The van der Waals surface area contributed by atoms with Gasteiger partial charge in [-0.3, -0.25) is 19.3 Å². The van der Waals surface area contributed by atoms with Crippen LogP contribution in [0.3, 0.4) is 0 Å². The first-order valence-corrected chi connectivity index (χ1v) is 9.47. The van der Waals surface area contributed by atoms with Crippen LogP contribution in [0.2, 0.25) is 0 Å². The Kier molecular flexibility index (Phi) is 5.21. The molecule has 3 aliphatic carbocycles. The van der Waals surface area contributed by atoms with Crippen LogP contribution in [0.25, 0.3) is 0 Å². The minimum atomic E-state index is -2.60. The first-order valence-electron chi connectivity index (χ1n) is 9.47. The molecule has 0 unspecified atom stereocenters. The number of aromatic hydroxyl groups is 1. The van der Waals surface area contributed by atoms with E-state index >= 15 is 0 Å². The number of nitrogens with zero attached hydrogens (tertiary/aromatic N) is 1. The van der Waals surface area contributed by atoms with Crippen molar-refractivity contribution in [3.63, 3.8) is 0 Å². The van der Waals surface area contributed by atoms with Crippen LogP contribution in [-0.4, -0.2) is 74.0 Å². The van der Waals surface area contributed by atoms with Crippen molar-refractivity contribution in [3.05, 3.63) is 52.0 Å². The molecule has 0 saturated heterocycles. The zero-order chi connectivity index (χ0) is 22.1. The molecule has 0 aliphatic heterocycles. The number of fused-ring (bicyclic) bond motifs is 3. The molecular formula is C21H24N2O8. The zero-order valence-corrected chi connectivity index (χ0v) is 16.9. The number of aliphatic hydroxyl groups excluding tert-OH is 2. The highest BCUT2D eigenvalue weighted by molar-refractivity contribution is 6.24. The third-order valence-corrected chi connectivity index (χ3v) is 6.46. The van der Waals surface area contributed by atoms with Gasteiger partial charge in [0.25, 0.3) is 5.91 Å². The normalized spacial score (nSPS) is 29.9. The van der Waals surface area contributed by atoms with Crippen LogP contribution in [0.15, 0.2) is 40.9 Å². The third kappa shape index (κ3) is 2.79. The van der Waals surface area contributed by atoms with Crippen molar-refractivity contribution < 1.29 is 40.3 Å². The summed E-state index contributed by atoms with van der Waals surface area (Å²) in [6.07, 6.45) is 0.379. The van der Waals surface area contributed by atoms with Gasteiger partial charge in [0.2, 0.25) is 5.78 Å². The van der Waals surface area contributed by atoms with E-state index in [0.29, 0.717) is 12.0 Å². The van der Waals surface area contributed by atoms with Crippen LogP contribution in [0, 0.1) is 11.8 Å². The molecule has 10 nitrogen and oxygen atoms in total. The van der Waals surface area contributed by atoms with E-state index < -0.39 is 58.0 Å². The Morgan fingerprint density at radius 2 is 1.84 bits per heavy atom. The molecule has 0 heterocycles. The first-order chi connectivity index (χ1) is 14.0. The van der Waals surface area contributed by atoms with Crippen molar-refractivity contribution in [2.24, 2.45) is 17.6 Å². The van der Waals surface area contributed by atoms with Gasteiger partial charge in [-0.05, 0) is 44.5 Å². The molecule has 0 saturated carbocycles. The number of amides is 1. The van der Waals surface area contributed by atoms with E-state index in [1.165, 1.54) is 11.0 Å². The first kappa shape index (κ1) is 22.5. The molecule has 166 valence electrons. The van der Waals surface area contributed by atoms with Gasteiger partial charge in [-0.15, -0.1) is 0 Å². The SMILES string of the molecule is CN(C)[C@@H]1C(O)=C(C(N)=O)C(=O)[C@@]2(O)C(O)=C3C(=O)c4c(O)cccc4C[C@H]3C[C@@H]12.O. The second-order valence-corrected chi connectivity index (χ2v) is 8.27. The van der Waals surface area contributed by atoms with Gasteiger partial charge in [0.05, 0.1) is 11.6 Å². The monoisotopic (exact) mass is 432 g/mol. The number of carbonyl (C=O) groups is 3. The molecule has 4 rings (SSSR count). The molecule has 1 aromatic rings. The Hall–Kier alpha value is -3.21. The molecule has 31 heavy (non-hydrogen) atoms. The highest BCUT2D eigenvalue weighted by atomic mass is 16.3. The molecule has 4 atom stereocenters. The van der Waals surface area contributed by atoms with Crippen LogP contribution in [0.5, 0.6) is 5.75 Å². The van der Waals surface area contributed by atoms with Crippen LogP contribution in [-0.2, 0) is 16.0 Å². The van der Waals surface area contributed by atoms with Crippen molar-refractivity contribution in [1.29, 1.82) is 0 Å². The van der Waals surface area contributed by atoms with Gasteiger partial charge >= 0.3 is 0 Å². The van der Waals surface area contributed by atoms with Crippen LogP contribution >= 0.6 is 0 Å². The van der Waals surface area contributed by atoms with Gasteiger partial charge in [-0.1, -0.05) is 12.1 Å². The lowest BCUT2D eigenvalue weighted by Gasteiger charge is -2.50. The molecule has 10 heteroatoms. The summed E-state index contributed by atoms with van der Waals surface area (Å²) < 4.78 is 0. The molecule has 1 amide bonds. The maximum atomic E-state index is 13.1. The van der Waals surface area contributed by atoms with Gasteiger partial charge in [0.1, 0.15) is 22.8 Å². The van der Waals surface area contributed by atoms with E-state index in [9.17, 15) is 34.8 Å². The number of primary amides is 1. The number of phenolic OH excluding ortho intramolecular Hbond substituents is 1. The summed E-state index contributed by atoms with van der Waals surface area (Å²) in [5, 5.41) is 43.2. The van der Waals surface area contributed by atoms with Crippen LogP contribution in [0.1, 0.15) is 22.3 Å². The third-order valence-electron chi connectivity index (χ3n) is 6.46. The molecule has 0 spiro atoms. The fraction of sp³-hybridized carbons (Fsp3) is 0.381. The molecule has 0 aromatic heterocycles. The van der Waals surface area contributed by atoms with Crippen LogP contribution < -0.4 is 5.73 Å². The van der Waals surface area contributed by atoms with E-state index in [-0.39, 0.29) is 28.8 Å². The predicted molar refractivity (Wildman–Crippen MR) is 107 cm³/mol. The summed E-state index contributed by atoms with van der Waals surface area (Å²) in [6, 6.07) is 3.66. The van der Waals surface area contributed by atoms with E-state index in [2.05, 4.69) is 0 Å². The molecule has 0 fully saturated rings. The molecule has 8 N–H and O–H groups in total. The van der Waals surface area contributed by atoms with Gasteiger partial charge in [0, 0.05) is 11.5 Å². The van der Waals surface area contributed by atoms with Gasteiger partial charge in [-0.2, -0.15) is 0 Å². The Morgan fingerprint density at radius 3 is 2.42 bits per heavy atom. The second-order valence-electron chi connectivity index (χ2n) is 8.27. The topological polar surface area (TPSA) is 193 Å². The van der Waals surface area contributed by atoms with Crippen LogP contribution in [0.4, 0.5) is 0 Å². The summed E-state index contributed by atoms with van der Waals surface area (Å²) in [7, 11) is 3.18. The van der Waals surface area contributed by atoms with Crippen molar-refractivity contribution in [2.75, 3.05) is 14.1 Å². The lowest BCUT2D eigenvalue weighted by Crippen LogP contribution is -2.63. The van der Waals surface area contributed by atoms with E-state index in [1.807, 2.05) is 0 Å². The maximum Gasteiger partial charge on any atom is 0.255 e. The summed E-state index contributed by atoms with van der Waals surface area (Å²) in [4.78, 5) is 39.6. The summed E-state index contributed by atoms with van der Waals surface area (Å²) in [6.45, 7) is 0. The van der Waals surface area contributed by atoms with E-state index in [0.717, 1.165) is 0 Å². The predicted octanol–water partition coefficient (Wildman–Crippen LogP) is -0.704. The Balaban J connectivity index is 0.00000272. The number of nitrogens with two attached hydrogens (primary N) is 1. The number of Topliss-reactive ketones (excluding diaryl/α,β-unsaturated/α-hetero) is 2. The summed E-state index contributed by atoms with van der Waals surface area (Å²) >= 11 is 0. The Morgan fingerprint density at radius 1 is 1.19 bits per heavy atom. The number of likely N-dealkylation sites (N-methyl/N-ethyl adjacent to an activating group) is 1. The number of hydrogen-bond acceptors (Lipinski definition) is 8. The number of aliphatic hydroxyl groups is 3. The zero-order valence-electron chi connectivity index (χ0n) is 16.9. The van der Waals surface area contributed by atoms with Crippen molar-refractivity contribution in [2.45, 2.75) is 24.5 Å². The molecule has 0 radical (unpaired) electrons. The van der Waals surface area contributed by atoms with Gasteiger partial charge in [0.15, 0.2) is 11.4 Å². The largest absolute Gasteiger partial charge is 0.510 e. The maximum absolute atomic E-state index is 13.1. The average molecular weight is 432 g/mol. The Labute approximate surface area is 177 Å². The lowest BCUT2D eigenvalue weighted by atomic mass is 9.58. The highest BCUT2D eigenvalue weighted by Gasteiger charge is 2.63. The lowest BCUT2D eigenvalue weighted by molar-refractivity contribution is -0.148. The summed E-state index contributed by atoms with van der Waals surface area (Å²) in [5.74, 6) is -6.42. The fourth-order valence-corrected chi connectivity index (χ4v) is 5.19. The minimum absolute atomic E-state index is 0. The number of ketones is 2. The van der Waals surface area contributed by atoms with Gasteiger partial charge in [-0.25, -0.2) is 0 Å². The van der Waals surface area contributed by atoms with E-state index in [4.69, 9.17) is 5.73 Å². The van der Waals surface area contributed by atoms with Gasteiger partial charge < -0.3 is 31.6 Å². The minimum Gasteiger partial charge on any atom is -0.510 e. The molecule has 1 aromatic carbocycles. The smallest absolute Gasteiger partial charge is 0.255 e. The number of rotatable bonds is 2.